The molecule has 4 rings (SSSR count). The number of aryl methyl sites for hydroxylation is 1. The molecule has 1 fully saturated rings. The molecule has 0 bridgehead atoms. The van der Waals surface area contributed by atoms with Gasteiger partial charge in [-0.25, -0.2) is 0 Å². The number of hydrogen-bond donors (Lipinski definition) is 0. The van der Waals surface area contributed by atoms with Gasteiger partial charge in [-0.1, -0.05) is 40.6 Å². The molecule has 8 nitrogen and oxygen atoms in total. The highest BCUT2D eigenvalue weighted by atomic mass is 16.5. The van der Waals surface area contributed by atoms with Crippen LogP contribution in [0.3, 0.4) is 0 Å². The zero-order chi connectivity index (χ0) is 17.2. The van der Waals surface area contributed by atoms with Crippen LogP contribution < -0.4 is 0 Å². The Bertz CT molecular complexity index is 860. The second-order valence-electron chi connectivity index (χ2n) is 5.73. The maximum absolute atomic E-state index is 13.1. The number of amides is 1. The normalized spacial score (nSPS) is 17.6. The first-order valence-corrected chi connectivity index (χ1v) is 7.93. The van der Waals surface area contributed by atoms with Crippen molar-refractivity contribution in [3.05, 3.63) is 53.9 Å². The molecule has 1 aromatic carbocycles. The van der Waals surface area contributed by atoms with Crippen LogP contribution in [0.4, 0.5) is 0 Å². The molecule has 2 aromatic heterocycles. The third-order valence-electron chi connectivity index (χ3n) is 4.14. The van der Waals surface area contributed by atoms with E-state index in [0.717, 1.165) is 5.56 Å². The number of benzene rings is 1. The quantitative estimate of drug-likeness (QED) is 0.721. The summed E-state index contributed by atoms with van der Waals surface area (Å²) in [6.07, 6.45) is 0.841. The maximum Gasteiger partial charge on any atom is 0.259 e. The smallest absolute Gasteiger partial charge is 0.259 e. The number of aromatic nitrogens is 3. The summed E-state index contributed by atoms with van der Waals surface area (Å²) in [6, 6.07) is 9.50. The van der Waals surface area contributed by atoms with Crippen molar-refractivity contribution in [1.82, 2.24) is 20.2 Å². The summed E-state index contributed by atoms with van der Waals surface area (Å²) in [7, 11) is 0. The second-order valence-corrected chi connectivity index (χ2v) is 5.73. The molecule has 3 heterocycles. The Morgan fingerprint density at radius 3 is 2.84 bits per heavy atom. The maximum atomic E-state index is 13.1. The fourth-order valence-electron chi connectivity index (χ4n) is 2.89. The lowest BCUT2D eigenvalue weighted by Gasteiger charge is -2.31. The van der Waals surface area contributed by atoms with Crippen LogP contribution in [-0.2, 0) is 4.74 Å². The van der Waals surface area contributed by atoms with Crippen LogP contribution in [0.5, 0.6) is 0 Å². The van der Waals surface area contributed by atoms with E-state index < -0.39 is 6.10 Å². The number of morpholine rings is 1. The van der Waals surface area contributed by atoms with E-state index in [-0.39, 0.29) is 5.91 Å². The van der Waals surface area contributed by atoms with Crippen LogP contribution >= 0.6 is 0 Å². The van der Waals surface area contributed by atoms with Gasteiger partial charge in [0.05, 0.1) is 13.2 Å². The first-order chi connectivity index (χ1) is 12.2. The molecular weight excluding hydrogens is 324 g/mol. The number of carbonyl (C=O) groups is 1. The molecule has 0 spiro atoms. The molecule has 25 heavy (non-hydrogen) atoms. The van der Waals surface area contributed by atoms with Gasteiger partial charge in [0.25, 0.3) is 5.91 Å². The van der Waals surface area contributed by atoms with Crippen molar-refractivity contribution in [2.75, 3.05) is 19.7 Å². The van der Waals surface area contributed by atoms with Crippen molar-refractivity contribution >= 4 is 5.91 Å². The number of carbonyl (C=O) groups excluding carboxylic acids is 1. The molecule has 1 atom stereocenters. The molecule has 0 radical (unpaired) electrons. The van der Waals surface area contributed by atoms with Crippen molar-refractivity contribution in [1.29, 1.82) is 0 Å². The lowest BCUT2D eigenvalue weighted by atomic mass is 10.0. The topological polar surface area (TPSA) is 94.5 Å². The van der Waals surface area contributed by atoms with Crippen molar-refractivity contribution in [3.8, 4) is 11.3 Å². The highest BCUT2D eigenvalue weighted by Gasteiger charge is 2.32. The monoisotopic (exact) mass is 340 g/mol. The van der Waals surface area contributed by atoms with Gasteiger partial charge in [0, 0.05) is 12.1 Å². The third-order valence-corrected chi connectivity index (χ3v) is 4.14. The molecule has 3 aromatic rings. The van der Waals surface area contributed by atoms with Gasteiger partial charge in [-0.3, -0.25) is 4.79 Å². The van der Waals surface area contributed by atoms with E-state index in [1.54, 1.807) is 11.8 Å². The highest BCUT2D eigenvalue weighted by molar-refractivity contribution is 6.00. The zero-order valence-corrected chi connectivity index (χ0v) is 13.6. The molecule has 128 valence electrons. The molecule has 0 N–H and O–H groups in total. The van der Waals surface area contributed by atoms with Crippen LogP contribution in [0.2, 0.25) is 0 Å². The molecule has 0 unspecified atom stereocenters. The van der Waals surface area contributed by atoms with Crippen LogP contribution in [0.25, 0.3) is 11.3 Å². The SMILES string of the molecule is Cc1onc(-c2ccccc2)c1C(=O)N1CCO[C@H](c2ncon2)C1. The average molecular weight is 340 g/mol. The van der Waals surface area contributed by atoms with E-state index in [1.807, 2.05) is 30.3 Å². The Hall–Kier alpha value is -3.00. The molecule has 1 amide bonds. The Kier molecular flexibility index (Phi) is 4.02. The minimum Gasteiger partial charge on any atom is -0.366 e. The van der Waals surface area contributed by atoms with E-state index in [2.05, 4.69) is 15.3 Å². The van der Waals surface area contributed by atoms with E-state index in [0.29, 0.717) is 42.5 Å². The first kappa shape index (κ1) is 15.5. The third kappa shape index (κ3) is 2.91. The summed E-state index contributed by atoms with van der Waals surface area (Å²) < 4.78 is 15.7. The number of nitrogens with zero attached hydrogens (tertiary/aromatic N) is 4. The van der Waals surface area contributed by atoms with E-state index in [4.69, 9.17) is 13.8 Å². The van der Waals surface area contributed by atoms with Gasteiger partial charge in [0.2, 0.25) is 12.2 Å². The van der Waals surface area contributed by atoms with Gasteiger partial charge in [0.1, 0.15) is 23.1 Å². The summed E-state index contributed by atoms with van der Waals surface area (Å²) in [6.45, 7) is 2.96. The van der Waals surface area contributed by atoms with Crippen LogP contribution in [0.1, 0.15) is 28.0 Å². The van der Waals surface area contributed by atoms with E-state index in [9.17, 15) is 4.79 Å². The Morgan fingerprint density at radius 1 is 1.24 bits per heavy atom. The van der Waals surface area contributed by atoms with E-state index >= 15 is 0 Å². The van der Waals surface area contributed by atoms with Gasteiger partial charge in [-0.05, 0) is 6.92 Å². The van der Waals surface area contributed by atoms with Crippen molar-refractivity contribution in [2.24, 2.45) is 0 Å². The van der Waals surface area contributed by atoms with E-state index in [1.165, 1.54) is 6.39 Å². The number of hydrogen-bond acceptors (Lipinski definition) is 7. The zero-order valence-electron chi connectivity index (χ0n) is 13.6. The first-order valence-electron chi connectivity index (χ1n) is 7.93. The molecule has 1 aliphatic rings. The van der Waals surface area contributed by atoms with Gasteiger partial charge in [-0.2, -0.15) is 4.98 Å². The van der Waals surface area contributed by atoms with Crippen molar-refractivity contribution in [2.45, 2.75) is 13.0 Å². The lowest BCUT2D eigenvalue weighted by Crippen LogP contribution is -2.42. The summed E-state index contributed by atoms with van der Waals surface area (Å²) >= 11 is 0. The minimum atomic E-state index is -0.406. The summed E-state index contributed by atoms with van der Waals surface area (Å²) in [4.78, 5) is 18.8. The summed E-state index contributed by atoms with van der Waals surface area (Å²) in [5, 5.41) is 7.88. The Labute approximate surface area is 143 Å². The van der Waals surface area contributed by atoms with Gasteiger partial charge in [0.15, 0.2) is 0 Å². The molecule has 8 heteroatoms. The molecule has 1 aliphatic heterocycles. The van der Waals surface area contributed by atoms with Crippen molar-refractivity contribution in [3.63, 3.8) is 0 Å². The summed E-state index contributed by atoms with van der Waals surface area (Å²) in [5.74, 6) is 0.781. The molecular formula is C17H16N4O4. The highest BCUT2D eigenvalue weighted by Crippen LogP contribution is 2.28. The van der Waals surface area contributed by atoms with Gasteiger partial charge < -0.3 is 18.7 Å². The number of ether oxygens (including phenoxy) is 1. The number of rotatable bonds is 3. The van der Waals surface area contributed by atoms with Crippen LogP contribution in [-0.4, -0.2) is 45.8 Å². The fraction of sp³-hybridized carbons (Fsp3) is 0.294. The van der Waals surface area contributed by atoms with Crippen molar-refractivity contribution < 1.29 is 18.6 Å². The van der Waals surface area contributed by atoms with Crippen LogP contribution in [0, 0.1) is 6.92 Å². The second kappa shape index (κ2) is 6.48. The van der Waals surface area contributed by atoms with Crippen LogP contribution in [0.15, 0.2) is 45.8 Å². The van der Waals surface area contributed by atoms with Gasteiger partial charge >= 0.3 is 0 Å². The lowest BCUT2D eigenvalue weighted by molar-refractivity contribution is -0.0276. The largest absolute Gasteiger partial charge is 0.366 e. The fourth-order valence-corrected chi connectivity index (χ4v) is 2.89. The Morgan fingerprint density at radius 2 is 2.08 bits per heavy atom. The average Bonchev–Trinajstić information content (AvgIpc) is 3.32. The Balaban J connectivity index is 1.62. The molecule has 0 saturated carbocycles. The summed E-state index contributed by atoms with van der Waals surface area (Å²) in [5.41, 5.74) is 1.86. The van der Waals surface area contributed by atoms with Gasteiger partial charge in [-0.15, -0.1) is 0 Å². The standard InChI is InChI=1S/C17H16N4O4/c1-11-14(15(19-25-11)12-5-3-2-4-6-12)17(22)21-7-8-23-13(9-21)16-18-10-24-20-16/h2-6,10,13H,7-9H2,1H3/t13-/m0/s1. The molecule has 1 saturated heterocycles. The predicted octanol–water partition coefficient (Wildman–Crippen LogP) is 2.25. The molecule has 0 aliphatic carbocycles. The predicted molar refractivity (Wildman–Crippen MR) is 85.6 cm³/mol. The minimum absolute atomic E-state index is 0.144.